The van der Waals surface area contributed by atoms with Gasteiger partial charge < -0.3 is 14.2 Å². The second-order valence-electron chi connectivity index (χ2n) is 7.99. The number of hydrogen-bond acceptors (Lipinski definition) is 3. The minimum Gasteiger partial charge on any atom is -0.497 e. The van der Waals surface area contributed by atoms with Gasteiger partial charge in [0.15, 0.2) is 0 Å². The Balaban J connectivity index is 1.68. The first kappa shape index (κ1) is 20.1. The van der Waals surface area contributed by atoms with Gasteiger partial charge in [-0.3, -0.25) is 0 Å². The predicted octanol–water partition coefficient (Wildman–Crippen LogP) is 5.75. The number of hydrogen-bond donors (Lipinski definition) is 0. The third-order valence-electron chi connectivity index (χ3n) is 5.94. The standard InChI is InChI=1S/C27H28O3/c1-28-24-9-4-20(5-10-24)17-27(18-21-6-11-25(29-2)12-7-21)15-14-22-8-13-26(30-3)16-23(22)19-27/h4-16H,17-19H2,1-3H3. The molecule has 4 rings (SSSR count). The Morgan fingerprint density at radius 2 is 1.17 bits per heavy atom. The number of allylic oxidation sites excluding steroid dienone is 1. The van der Waals surface area contributed by atoms with Crippen LogP contribution < -0.4 is 14.2 Å². The second kappa shape index (κ2) is 8.66. The molecule has 3 heteroatoms. The van der Waals surface area contributed by atoms with Crippen LogP contribution in [-0.4, -0.2) is 21.3 Å². The molecule has 154 valence electrons. The van der Waals surface area contributed by atoms with Crippen LogP contribution in [0.2, 0.25) is 0 Å². The van der Waals surface area contributed by atoms with Gasteiger partial charge in [-0.25, -0.2) is 0 Å². The van der Waals surface area contributed by atoms with Gasteiger partial charge in [0.1, 0.15) is 17.2 Å². The first-order valence-corrected chi connectivity index (χ1v) is 10.2. The molecular formula is C27H28O3. The van der Waals surface area contributed by atoms with Gasteiger partial charge in [0, 0.05) is 5.41 Å². The van der Waals surface area contributed by atoms with Crippen molar-refractivity contribution in [1.29, 1.82) is 0 Å². The van der Waals surface area contributed by atoms with Crippen LogP contribution in [0.25, 0.3) is 6.08 Å². The van der Waals surface area contributed by atoms with Gasteiger partial charge in [0.05, 0.1) is 21.3 Å². The fraction of sp³-hybridized carbons (Fsp3) is 0.259. The van der Waals surface area contributed by atoms with Crippen molar-refractivity contribution in [2.75, 3.05) is 21.3 Å². The van der Waals surface area contributed by atoms with Crippen molar-refractivity contribution in [3.8, 4) is 17.2 Å². The fourth-order valence-electron chi connectivity index (χ4n) is 4.33. The number of benzene rings is 3. The summed E-state index contributed by atoms with van der Waals surface area (Å²) < 4.78 is 16.2. The normalized spacial score (nSPS) is 14.1. The third-order valence-corrected chi connectivity index (χ3v) is 5.94. The molecule has 0 saturated carbocycles. The lowest BCUT2D eigenvalue weighted by atomic mass is 9.69. The smallest absolute Gasteiger partial charge is 0.119 e. The zero-order chi connectivity index (χ0) is 21.0. The van der Waals surface area contributed by atoms with Crippen LogP contribution in [0.15, 0.2) is 72.8 Å². The number of ether oxygens (including phenoxy) is 3. The van der Waals surface area contributed by atoms with Gasteiger partial charge in [0.25, 0.3) is 0 Å². The SMILES string of the molecule is COc1ccc(CC2(Cc3ccc(OC)cc3)C=Cc3ccc(OC)cc3C2)cc1. The lowest BCUT2D eigenvalue weighted by Gasteiger charge is -2.35. The van der Waals surface area contributed by atoms with E-state index >= 15 is 0 Å². The van der Waals surface area contributed by atoms with E-state index in [1.54, 1.807) is 21.3 Å². The van der Waals surface area contributed by atoms with Gasteiger partial charge in [-0.1, -0.05) is 42.5 Å². The Bertz CT molecular complexity index is 967. The first-order valence-electron chi connectivity index (χ1n) is 10.2. The molecule has 3 aromatic carbocycles. The van der Waals surface area contributed by atoms with E-state index < -0.39 is 0 Å². The highest BCUT2D eigenvalue weighted by Gasteiger charge is 2.32. The lowest BCUT2D eigenvalue weighted by Crippen LogP contribution is -2.29. The molecule has 3 nitrogen and oxygen atoms in total. The van der Waals surface area contributed by atoms with Crippen molar-refractivity contribution in [1.82, 2.24) is 0 Å². The molecule has 1 aliphatic carbocycles. The monoisotopic (exact) mass is 400 g/mol. The maximum absolute atomic E-state index is 5.48. The Morgan fingerprint density at radius 3 is 1.67 bits per heavy atom. The lowest BCUT2D eigenvalue weighted by molar-refractivity contribution is 0.367. The minimum atomic E-state index is -0.0114. The van der Waals surface area contributed by atoms with E-state index in [9.17, 15) is 0 Å². The molecule has 1 aliphatic rings. The zero-order valence-corrected chi connectivity index (χ0v) is 17.9. The van der Waals surface area contributed by atoms with E-state index in [1.807, 2.05) is 30.3 Å². The Kier molecular flexibility index (Phi) is 5.80. The molecule has 0 aromatic heterocycles. The molecule has 0 amide bonds. The molecule has 0 N–H and O–H groups in total. The minimum absolute atomic E-state index is 0.0114. The summed E-state index contributed by atoms with van der Waals surface area (Å²) in [6.45, 7) is 0. The van der Waals surface area contributed by atoms with Gasteiger partial charge in [0.2, 0.25) is 0 Å². The summed E-state index contributed by atoms with van der Waals surface area (Å²) in [5.41, 5.74) is 5.21. The van der Waals surface area contributed by atoms with Gasteiger partial charge in [-0.15, -0.1) is 0 Å². The molecule has 0 atom stereocenters. The van der Waals surface area contributed by atoms with E-state index in [1.165, 1.54) is 22.3 Å². The van der Waals surface area contributed by atoms with Crippen LogP contribution in [0, 0.1) is 5.41 Å². The van der Waals surface area contributed by atoms with Gasteiger partial charge >= 0.3 is 0 Å². The Labute approximate surface area is 178 Å². The molecule has 0 aliphatic heterocycles. The molecule has 3 aromatic rings. The summed E-state index contributed by atoms with van der Waals surface area (Å²) in [4.78, 5) is 0. The van der Waals surface area contributed by atoms with Crippen LogP contribution in [-0.2, 0) is 19.3 Å². The highest BCUT2D eigenvalue weighted by Crippen LogP contribution is 2.40. The second-order valence-corrected chi connectivity index (χ2v) is 7.99. The van der Waals surface area contributed by atoms with E-state index in [-0.39, 0.29) is 5.41 Å². The highest BCUT2D eigenvalue weighted by molar-refractivity contribution is 5.60. The Morgan fingerprint density at radius 1 is 0.667 bits per heavy atom. The van der Waals surface area contributed by atoms with E-state index in [4.69, 9.17) is 14.2 Å². The molecule has 0 fully saturated rings. The fourth-order valence-corrected chi connectivity index (χ4v) is 4.33. The summed E-state index contributed by atoms with van der Waals surface area (Å²) in [6.07, 6.45) is 7.54. The molecular weight excluding hydrogens is 372 g/mol. The van der Waals surface area contributed by atoms with E-state index in [2.05, 4.69) is 48.6 Å². The number of fused-ring (bicyclic) bond motifs is 1. The summed E-state index contributed by atoms with van der Waals surface area (Å²) in [5.74, 6) is 2.68. The van der Waals surface area contributed by atoms with Crippen molar-refractivity contribution >= 4 is 6.08 Å². The molecule has 0 radical (unpaired) electrons. The summed E-state index contributed by atoms with van der Waals surface area (Å²) in [6, 6.07) is 23.2. The Hall–Kier alpha value is -3.20. The molecule has 0 saturated heterocycles. The summed E-state index contributed by atoms with van der Waals surface area (Å²) in [5, 5.41) is 0. The van der Waals surface area contributed by atoms with Crippen molar-refractivity contribution in [3.63, 3.8) is 0 Å². The van der Waals surface area contributed by atoms with Crippen LogP contribution in [0.1, 0.15) is 22.3 Å². The summed E-state index contributed by atoms with van der Waals surface area (Å²) in [7, 11) is 5.13. The van der Waals surface area contributed by atoms with Crippen molar-refractivity contribution in [3.05, 3.63) is 95.1 Å². The molecule has 0 bridgehead atoms. The van der Waals surface area contributed by atoms with Crippen LogP contribution in [0.4, 0.5) is 0 Å². The third kappa shape index (κ3) is 4.35. The van der Waals surface area contributed by atoms with Crippen molar-refractivity contribution in [2.45, 2.75) is 19.3 Å². The number of rotatable bonds is 7. The molecule has 0 spiro atoms. The number of methoxy groups -OCH3 is 3. The summed E-state index contributed by atoms with van der Waals surface area (Å²) >= 11 is 0. The van der Waals surface area contributed by atoms with Crippen LogP contribution >= 0.6 is 0 Å². The molecule has 0 unspecified atom stereocenters. The van der Waals surface area contributed by atoms with Crippen molar-refractivity contribution < 1.29 is 14.2 Å². The molecule has 30 heavy (non-hydrogen) atoms. The average molecular weight is 401 g/mol. The topological polar surface area (TPSA) is 27.7 Å². The van der Waals surface area contributed by atoms with Gasteiger partial charge in [-0.2, -0.15) is 0 Å². The first-order chi connectivity index (χ1) is 14.6. The van der Waals surface area contributed by atoms with Crippen LogP contribution in [0.5, 0.6) is 17.2 Å². The van der Waals surface area contributed by atoms with E-state index in [0.717, 1.165) is 36.5 Å². The van der Waals surface area contributed by atoms with E-state index in [0.29, 0.717) is 0 Å². The van der Waals surface area contributed by atoms with Gasteiger partial charge in [-0.05, 0) is 77.9 Å². The van der Waals surface area contributed by atoms with Crippen LogP contribution in [0.3, 0.4) is 0 Å². The quantitative estimate of drug-likeness (QED) is 0.505. The predicted molar refractivity (Wildman–Crippen MR) is 122 cm³/mol. The highest BCUT2D eigenvalue weighted by atomic mass is 16.5. The largest absolute Gasteiger partial charge is 0.497 e. The molecule has 0 heterocycles. The maximum atomic E-state index is 5.48. The average Bonchev–Trinajstić information content (AvgIpc) is 2.79. The van der Waals surface area contributed by atoms with Crippen molar-refractivity contribution in [2.24, 2.45) is 5.41 Å². The zero-order valence-electron chi connectivity index (χ0n) is 17.9. The maximum Gasteiger partial charge on any atom is 0.119 e.